The van der Waals surface area contributed by atoms with Crippen LogP contribution in [0.25, 0.3) is 22.4 Å². The highest BCUT2D eigenvalue weighted by atomic mass is 15.2. The van der Waals surface area contributed by atoms with E-state index in [0.717, 1.165) is 35.5 Å². The fourth-order valence-corrected chi connectivity index (χ4v) is 2.84. The van der Waals surface area contributed by atoms with Gasteiger partial charge in [-0.25, -0.2) is 9.97 Å². The molecule has 0 spiro atoms. The summed E-state index contributed by atoms with van der Waals surface area (Å²) in [6.07, 6.45) is 4.25. The van der Waals surface area contributed by atoms with E-state index in [9.17, 15) is 0 Å². The largest absolute Gasteiger partial charge is 0.356 e. The molecule has 4 rings (SSSR count). The third-order valence-electron chi connectivity index (χ3n) is 3.88. The average Bonchev–Trinajstić information content (AvgIpc) is 3.09. The molecule has 0 saturated carbocycles. The lowest BCUT2D eigenvalue weighted by molar-refractivity contribution is 0.940. The summed E-state index contributed by atoms with van der Waals surface area (Å²) in [6.45, 7) is 2.14. The molecule has 0 radical (unpaired) electrons. The Bertz CT molecular complexity index is 764. The van der Waals surface area contributed by atoms with Gasteiger partial charge in [-0.1, -0.05) is 18.2 Å². The summed E-state index contributed by atoms with van der Waals surface area (Å²) in [5.74, 6) is 1.75. The van der Waals surface area contributed by atoms with E-state index >= 15 is 0 Å². The lowest BCUT2D eigenvalue weighted by Crippen LogP contribution is -2.20. The summed E-state index contributed by atoms with van der Waals surface area (Å²) in [5, 5.41) is 1.12. The standard InChI is InChI=1S/C17H16N4/c1-2-8-14-13(7-1)17(21-11-5-6-12-21)20-16(19-14)15-9-3-4-10-18-15/h1-4,7-10H,5-6,11-12H2. The molecule has 0 bridgehead atoms. The zero-order chi connectivity index (χ0) is 14.1. The van der Waals surface area contributed by atoms with Crippen molar-refractivity contribution in [3.63, 3.8) is 0 Å². The van der Waals surface area contributed by atoms with Crippen LogP contribution < -0.4 is 4.90 Å². The molecular weight excluding hydrogens is 260 g/mol. The van der Waals surface area contributed by atoms with Crippen LogP contribution in [0.15, 0.2) is 48.7 Å². The molecule has 1 aromatic carbocycles. The minimum Gasteiger partial charge on any atom is -0.356 e. The van der Waals surface area contributed by atoms with Gasteiger partial charge in [-0.3, -0.25) is 4.98 Å². The minimum absolute atomic E-state index is 0.705. The minimum atomic E-state index is 0.705. The Morgan fingerprint density at radius 2 is 1.67 bits per heavy atom. The number of para-hydroxylation sites is 1. The van der Waals surface area contributed by atoms with Crippen molar-refractivity contribution in [1.29, 1.82) is 0 Å². The van der Waals surface area contributed by atoms with Gasteiger partial charge in [0.25, 0.3) is 0 Å². The number of fused-ring (bicyclic) bond motifs is 1. The Balaban J connectivity index is 1.93. The first-order valence-corrected chi connectivity index (χ1v) is 7.35. The monoisotopic (exact) mass is 276 g/mol. The van der Waals surface area contributed by atoms with Gasteiger partial charge in [0.2, 0.25) is 0 Å². The van der Waals surface area contributed by atoms with Crippen molar-refractivity contribution in [2.24, 2.45) is 0 Å². The van der Waals surface area contributed by atoms with E-state index in [0.29, 0.717) is 5.82 Å². The van der Waals surface area contributed by atoms with Gasteiger partial charge in [0.1, 0.15) is 11.5 Å². The molecule has 2 aromatic heterocycles. The van der Waals surface area contributed by atoms with Crippen LogP contribution in [0.1, 0.15) is 12.8 Å². The van der Waals surface area contributed by atoms with Crippen LogP contribution in [0.5, 0.6) is 0 Å². The molecule has 1 fully saturated rings. The highest BCUT2D eigenvalue weighted by Gasteiger charge is 2.18. The molecule has 4 heteroatoms. The Morgan fingerprint density at radius 1 is 0.857 bits per heavy atom. The zero-order valence-electron chi connectivity index (χ0n) is 11.7. The third kappa shape index (κ3) is 2.23. The fraction of sp³-hybridized carbons (Fsp3) is 0.235. The van der Waals surface area contributed by atoms with Gasteiger partial charge in [-0.15, -0.1) is 0 Å². The molecule has 0 amide bonds. The molecule has 4 nitrogen and oxygen atoms in total. The molecule has 104 valence electrons. The van der Waals surface area contributed by atoms with E-state index in [-0.39, 0.29) is 0 Å². The maximum atomic E-state index is 4.81. The maximum Gasteiger partial charge on any atom is 0.180 e. The molecular formula is C17H16N4. The van der Waals surface area contributed by atoms with Crippen molar-refractivity contribution in [3.8, 4) is 11.5 Å². The predicted molar refractivity (Wildman–Crippen MR) is 84.2 cm³/mol. The topological polar surface area (TPSA) is 41.9 Å². The number of nitrogens with zero attached hydrogens (tertiary/aromatic N) is 4. The lowest BCUT2D eigenvalue weighted by atomic mass is 10.2. The van der Waals surface area contributed by atoms with Crippen molar-refractivity contribution < 1.29 is 0 Å². The number of rotatable bonds is 2. The predicted octanol–water partition coefficient (Wildman–Crippen LogP) is 3.29. The first-order valence-electron chi connectivity index (χ1n) is 7.35. The first-order chi connectivity index (χ1) is 10.4. The van der Waals surface area contributed by atoms with E-state index in [4.69, 9.17) is 4.98 Å². The summed E-state index contributed by atoms with van der Waals surface area (Å²) < 4.78 is 0. The molecule has 0 atom stereocenters. The zero-order valence-corrected chi connectivity index (χ0v) is 11.7. The van der Waals surface area contributed by atoms with E-state index in [1.54, 1.807) is 6.20 Å². The number of hydrogen-bond acceptors (Lipinski definition) is 4. The first kappa shape index (κ1) is 12.3. The fourth-order valence-electron chi connectivity index (χ4n) is 2.84. The molecule has 3 heterocycles. The van der Waals surface area contributed by atoms with Crippen LogP contribution in [-0.4, -0.2) is 28.0 Å². The number of anilines is 1. The summed E-state index contributed by atoms with van der Waals surface area (Å²) >= 11 is 0. The van der Waals surface area contributed by atoms with Crippen LogP contribution in [-0.2, 0) is 0 Å². The van der Waals surface area contributed by atoms with E-state index in [1.807, 2.05) is 36.4 Å². The van der Waals surface area contributed by atoms with Crippen LogP contribution in [0.4, 0.5) is 5.82 Å². The number of pyridine rings is 1. The van der Waals surface area contributed by atoms with Gasteiger partial charge in [0.15, 0.2) is 5.82 Å². The third-order valence-corrected chi connectivity index (χ3v) is 3.88. The van der Waals surface area contributed by atoms with E-state index in [1.165, 1.54) is 12.8 Å². The van der Waals surface area contributed by atoms with E-state index in [2.05, 4.69) is 20.9 Å². The van der Waals surface area contributed by atoms with Gasteiger partial charge in [-0.2, -0.15) is 0 Å². The van der Waals surface area contributed by atoms with Crippen molar-refractivity contribution >= 4 is 16.7 Å². The number of hydrogen-bond donors (Lipinski definition) is 0. The van der Waals surface area contributed by atoms with Gasteiger partial charge in [0.05, 0.1) is 5.52 Å². The highest BCUT2D eigenvalue weighted by molar-refractivity contribution is 5.91. The van der Waals surface area contributed by atoms with E-state index < -0.39 is 0 Å². The summed E-state index contributed by atoms with van der Waals surface area (Å²) in [7, 11) is 0. The highest BCUT2D eigenvalue weighted by Crippen LogP contribution is 2.28. The molecule has 21 heavy (non-hydrogen) atoms. The van der Waals surface area contributed by atoms with Gasteiger partial charge < -0.3 is 4.90 Å². The summed E-state index contributed by atoms with van der Waals surface area (Å²) in [6, 6.07) is 14.0. The Kier molecular flexibility index (Phi) is 2.99. The Morgan fingerprint density at radius 3 is 2.48 bits per heavy atom. The van der Waals surface area contributed by atoms with Crippen molar-refractivity contribution in [3.05, 3.63) is 48.7 Å². The average molecular weight is 276 g/mol. The molecule has 0 N–H and O–H groups in total. The van der Waals surface area contributed by atoms with Crippen molar-refractivity contribution in [2.75, 3.05) is 18.0 Å². The Labute approximate surface area is 123 Å². The van der Waals surface area contributed by atoms with Crippen molar-refractivity contribution in [2.45, 2.75) is 12.8 Å². The summed E-state index contributed by atoms with van der Waals surface area (Å²) in [4.78, 5) is 16.2. The van der Waals surface area contributed by atoms with Crippen LogP contribution in [0.2, 0.25) is 0 Å². The molecule has 0 unspecified atom stereocenters. The second-order valence-corrected chi connectivity index (χ2v) is 5.30. The molecule has 0 aliphatic carbocycles. The molecule has 3 aromatic rings. The molecule has 1 aliphatic rings. The Hall–Kier alpha value is -2.49. The maximum absolute atomic E-state index is 4.81. The molecule has 1 saturated heterocycles. The van der Waals surface area contributed by atoms with Gasteiger partial charge in [0, 0.05) is 24.7 Å². The normalized spacial score (nSPS) is 14.8. The smallest absolute Gasteiger partial charge is 0.180 e. The van der Waals surface area contributed by atoms with Crippen LogP contribution >= 0.6 is 0 Å². The molecule has 1 aliphatic heterocycles. The summed E-state index contributed by atoms with van der Waals surface area (Å²) in [5.41, 5.74) is 1.80. The van der Waals surface area contributed by atoms with Gasteiger partial charge >= 0.3 is 0 Å². The van der Waals surface area contributed by atoms with Crippen LogP contribution in [0.3, 0.4) is 0 Å². The SMILES string of the molecule is c1ccc(-c2nc(N3CCCC3)c3ccccc3n2)nc1. The number of benzene rings is 1. The number of aromatic nitrogens is 3. The lowest BCUT2D eigenvalue weighted by Gasteiger charge is -2.19. The second kappa shape index (κ2) is 5.13. The van der Waals surface area contributed by atoms with Crippen molar-refractivity contribution in [1.82, 2.24) is 15.0 Å². The van der Waals surface area contributed by atoms with Crippen LogP contribution in [0, 0.1) is 0 Å². The van der Waals surface area contributed by atoms with Gasteiger partial charge in [-0.05, 0) is 37.1 Å². The second-order valence-electron chi connectivity index (χ2n) is 5.30. The quantitative estimate of drug-likeness (QED) is 0.720.